The number of hydrogen-bond donors (Lipinski definition) is 0. The molecule has 0 aliphatic rings. The molecule has 21 heavy (non-hydrogen) atoms. The third-order valence-electron chi connectivity index (χ3n) is 3.95. The maximum atomic E-state index is 5.49. The van der Waals surface area contributed by atoms with Crippen molar-refractivity contribution in [3.8, 4) is 5.75 Å². The molecule has 0 radical (unpaired) electrons. The smallest absolute Gasteiger partial charge is 0.145 e. The summed E-state index contributed by atoms with van der Waals surface area (Å²) in [5, 5.41) is 1.81. The lowest BCUT2D eigenvalue weighted by Crippen LogP contribution is -2.46. The summed E-state index contributed by atoms with van der Waals surface area (Å²) in [6, 6.07) is 10.6. The first kappa shape index (κ1) is 16.2. The average Bonchev–Trinajstić information content (AvgIpc) is 2.34. The molecule has 0 bridgehead atoms. The summed E-state index contributed by atoms with van der Waals surface area (Å²) in [6.07, 6.45) is 0. The second kappa shape index (κ2) is 5.57. The molecule has 2 aromatic rings. The fraction of sp³-hybridized carbons (Fsp3) is 0.471. The third kappa shape index (κ3) is 3.38. The van der Waals surface area contributed by atoms with E-state index in [1.165, 1.54) is 5.69 Å². The van der Waals surface area contributed by atoms with Crippen LogP contribution in [-0.4, -0.2) is 28.2 Å². The number of nitrogens with zero attached hydrogens (tertiary/aromatic N) is 1. The zero-order valence-electron chi connectivity index (χ0n) is 14.3. The highest BCUT2D eigenvalue weighted by Gasteiger charge is 2.39. The van der Waals surface area contributed by atoms with Crippen LogP contribution in [0.5, 0.6) is 5.75 Å². The lowest BCUT2D eigenvalue weighted by Gasteiger charge is -2.38. The summed E-state index contributed by atoms with van der Waals surface area (Å²) >= 11 is 0. The minimum Gasteiger partial charge on any atom is -0.494 e. The number of para-hydroxylation sites is 1. The molecule has 0 fully saturated rings. The number of methoxy groups -OCH3 is 1. The van der Waals surface area contributed by atoms with E-state index >= 15 is 0 Å². The lowest BCUT2D eigenvalue weighted by molar-refractivity contribution is 0.419. The zero-order valence-corrected chi connectivity index (χ0v) is 16.3. The van der Waals surface area contributed by atoms with Crippen molar-refractivity contribution in [1.82, 2.24) is 4.98 Å². The number of benzene rings is 1. The Morgan fingerprint density at radius 2 is 1.52 bits per heavy atom. The first-order valence-electron chi connectivity index (χ1n) is 7.58. The van der Waals surface area contributed by atoms with E-state index < -0.39 is 16.1 Å². The Kier molecular flexibility index (Phi) is 4.31. The molecule has 2 nitrogen and oxygen atoms in total. The van der Waals surface area contributed by atoms with Crippen molar-refractivity contribution in [3.63, 3.8) is 0 Å². The van der Waals surface area contributed by atoms with Crippen LogP contribution in [0.3, 0.4) is 0 Å². The predicted octanol–water partition coefficient (Wildman–Crippen LogP) is 5.08. The summed E-state index contributed by atoms with van der Waals surface area (Å²) in [6.45, 7) is 14.8. The SMILES string of the molecule is COc1cccc2ccc(C([Si](C)(C)C)[Si](C)(C)C)nc12. The van der Waals surface area contributed by atoms with Crippen molar-refractivity contribution in [2.75, 3.05) is 7.11 Å². The molecule has 0 aliphatic carbocycles. The summed E-state index contributed by atoms with van der Waals surface area (Å²) < 4.78 is 5.49. The Balaban J connectivity index is 2.65. The highest BCUT2D eigenvalue weighted by atomic mass is 28.4. The summed E-state index contributed by atoms with van der Waals surface area (Å²) in [5.74, 6) is 0.874. The van der Waals surface area contributed by atoms with Gasteiger partial charge >= 0.3 is 0 Å². The topological polar surface area (TPSA) is 22.1 Å². The van der Waals surface area contributed by atoms with E-state index in [-0.39, 0.29) is 0 Å². The van der Waals surface area contributed by atoms with E-state index in [9.17, 15) is 0 Å². The Morgan fingerprint density at radius 3 is 2.05 bits per heavy atom. The van der Waals surface area contributed by atoms with Crippen LogP contribution in [-0.2, 0) is 0 Å². The summed E-state index contributed by atoms with van der Waals surface area (Å²) in [4.78, 5) is 5.02. The Morgan fingerprint density at radius 1 is 0.905 bits per heavy atom. The van der Waals surface area contributed by atoms with Crippen molar-refractivity contribution in [1.29, 1.82) is 0 Å². The minimum atomic E-state index is -1.32. The standard InChI is InChI=1S/C17H27NOSi2/c1-19-15-10-8-9-13-11-12-14(18-16(13)15)17(20(2,3)4)21(5,6)7/h8-12,17H,1-7H3. The van der Waals surface area contributed by atoms with Crippen LogP contribution in [0.4, 0.5) is 0 Å². The van der Waals surface area contributed by atoms with Gasteiger partial charge in [0.15, 0.2) is 0 Å². The van der Waals surface area contributed by atoms with Gasteiger partial charge in [-0.2, -0.15) is 0 Å². The van der Waals surface area contributed by atoms with Crippen LogP contribution < -0.4 is 4.74 Å². The maximum absolute atomic E-state index is 5.49. The summed E-state index contributed by atoms with van der Waals surface area (Å²) in [5.41, 5.74) is 2.27. The largest absolute Gasteiger partial charge is 0.494 e. The monoisotopic (exact) mass is 317 g/mol. The minimum absolute atomic E-state index is 0.652. The molecular formula is C17H27NOSi2. The second-order valence-corrected chi connectivity index (χ2v) is 19.1. The molecule has 0 amide bonds. The van der Waals surface area contributed by atoms with Crippen molar-refractivity contribution in [2.45, 2.75) is 44.4 Å². The van der Waals surface area contributed by atoms with Gasteiger partial charge < -0.3 is 4.74 Å². The number of pyridine rings is 1. The molecule has 1 heterocycles. The molecule has 1 aromatic heterocycles. The molecular weight excluding hydrogens is 290 g/mol. The van der Waals surface area contributed by atoms with E-state index in [1.807, 2.05) is 12.1 Å². The van der Waals surface area contributed by atoms with E-state index in [4.69, 9.17) is 9.72 Å². The van der Waals surface area contributed by atoms with Crippen molar-refractivity contribution in [2.24, 2.45) is 0 Å². The molecule has 114 valence electrons. The Bertz CT molecular complexity index is 627. The number of hydrogen-bond acceptors (Lipinski definition) is 2. The first-order valence-corrected chi connectivity index (χ1v) is 14.7. The van der Waals surface area contributed by atoms with Gasteiger partial charge in [-0.15, -0.1) is 0 Å². The van der Waals surface area contributed by atoms with Gasteiger partial charge in [-0.1, -0.05) is 57.5 Å². The lowest BCUT2D eigenvalue weighted by atomic mass is 10.2. The second-order valence-electron chi connectivity index (χ2n) is 7.93. The van der Waals surface area contributed by atoms with E-state index in [2.05, 4.69) is 57.5 Å². The normalized spacial score (nSPS) is 13.0. The molecule has 1 aromatic carbocycles. The molecule has 0 unspecified atom stereocenters. The third-order valence-corrected chi connectivity index (χ3v) is 13.2. The molecule has 2 rings (SSSR count). The van der Waals surface area contributed by atoms with Gasteiger partial charge in [-0.05, 0) is 17.3 Å². The maximum Gasteiger partial charge on any atom is 0.145 e. The zero-order chi connectivity index (χ0) is 15.8. The fourth-order valence-corrected chi connectivity index (χ4v) is 16.1. The quantitative estimate of drug-likeness (QED) is 0.733. The average molecular weight is 318 g/mol. The van der Waals surface area contributed by atoms with Gasteiger partial charge in [-0.25, -0.2) is 4.98 Å². The number of aromatic nitrogens is 1. The van der Waals surface area contributed by atoms with Crippen LogP contribution in [0, 0.1) is 0 Å². The van der Waals surface area contributed by atoms with Gasteiger partial charge in [-0.3, -0.25) is 0 Å². The molecule has 0 aliphatic heterocycles. The highest BCUT2D eigenvalue weighted by Crippen LogP contribution is 2.36. The molecule has 0 spiro atoms. The van der Waals surface area contributed by atoms with Crippen molar-refractivity contribution < 1.29 is 4.74 Å². The molecule has 4 heteroatoms. The van der Waals surface area contributed by atoms with Gasteiger partial charge in [0.1, 0.15) is 11.3 Å². The van der Waals surface area contributed by atoms with E-state index in [0.717, 1.165) is 16.7 Å². The van der Waals surface area contributed by atoms with Crippen LogP contribution in [0.25, 0.3) is 10.9 Å². The van der Waals surface area contributed by atoms with Crippen molar-refractivity contribution >= 4 is 27.1 Å². The first-order chi connectivity index (χ1) is 9.64. The fourth-order valence-electron chi connectivity index (χ4n) is 3.65. The van der Waals surface area contributed by atoms with Crippen LogP contribution in [0.15, 0.2) is 30.3 Å². The highest BCUT2D eigenvalue weighted by molar-refractivity contribution is 6.96. The predicted molar refractivity (Wildman–Crippen MR) is 97.7 cm³/mol. The van der Waals surface area contributed by atoms with Gasteiger partial charge in [0.25, 0.3) is 0 Å². The van der Waals surface area contributed by atoms with Crippen LogP contribution >= 0.6 is 0 Å². The van der Waals surface area contributed by atoms with Gasteiger partial charge in [0, 0.05) is 11.1 Å². The van der Waals surface area contributed by atoms with Gasteiger partial charge in [0.05, 0.1) is 23.3 Å². The number of fused-ring (bicyclic) bond motifs is 1. The summed E-state index contributed by atoms with van der Waals surface area (Å²) in [7, 11) is -0.919. The van der Waals surface area contributed by atoms with Gasteiger partial charge in [0.2, 0.25) is 0 Å². The Labute approximate surface area is 130 Å². The number of rotatable bonds is 4. The van der Waals surface area contributed by atoms with E-state index in [1.54, 1.807) is 7.11 Å². The molecule has 0 saturated carbocycles. The van der Waals surface area contributed by atoms with Crippen molar-refractivity contribution in [3.05, 3.63) is 36.0 Å². The molecule has 0 atom stereocenters. The van der Waals surface area contributed by atoms with E-state index in [0.29, 0.717) is 5.16 Å². The van der Waals surface area contributed by atoms with Crippen LogP contribution in [0.1, 0.15) is 10.9 Å². The molecule has 0 N–H and O–H groups in total. The number of ether oxygens (including phenoxy) is 1. The molecule has 0 saturated heterocycles. The Hall–Kier alpha value is -1.14. The van der Waals surface area contributed by atoms with Crippen LogP contribution in [0.2, 0.25) is 39.3 Å².